The highest BCUT2D eigenvalue weighted by atomic mass is 16.5. The number of ether oxygens (including phenoxy) is 2. The zero-order valence-electron chi connectivity index (χ0n) is 12.2. The van der Waals surface area contributed by atoms with E-state index in [-0.39, 0.29) is 18.6 Å². The van der Waals surface area contributed by atoms with E-state index in [4.69, 9.17) is 15.2 Å². The van der Waals surface area contributed by atoms with Crippen LogP contribution in [0.5, 0.6) is 11.5 Å². The minimum Gasteiger partial charge on any atom is -0.493 e. The van der Waals surface area contributed by atoms with Crippen LogP contribution in [0.15, 0.2) is 18.2 Å². The van der Waals surface area contributed by atoms with Crippen molar-refractivity contribution in [2.24, 2.45) is 11.7 Å². The number of aryl methyl sites for hydroxylation is 1. The van der Waals surface area contributed by atoms with Crippen LogP contribution in [0.1, 0.15) is 26.3 Å². The van der Waals surface area contributed by atoms with Gasteiger partial charge in [-0.2, -0.15) is 0 Å². The second-order valence-corrected chi connectivity index (χ2v) is 5.00. The van der Waals surface area contributed by atoms with Crippen molar-refractivity contribution in [3.63, 3.8) is 0 Å². The molecule has 1 aromatic rings. The Labute approximate surface area is 115 Å². The first kappa shape index (κ1) is 15.8. The molecule has 0 saturated carbocycles. The van der Waals surface area contributed by atoms with E-state index in [2.05, 4.69) is 6.92 Å². The monoisotopic (exact) mass is 267 g/mol. The van der Waals surface area contributed by atoms with Gasteiger partial charge in [-0.1, -0.05) is 26.8 Å². The van der Waals surface area contributed by atoms with E-state index in [1.54, 1.807) is 7.11 Å². The fraction of sp³-hybridized carbons (Fsp3) is 0.600. The van der Waals surface area contributed by atoms with Crippen molar-refractivity contribution < 1.29 is 14.6 Å². The van der Waals surface area contributed by atoms with E-state index in [9.17, 15) is 5.11 Å². The summed E-state index contributed by atoms with van der Waals surface area (Å²) in [6.07, 6.45) is 0.507. The third kappa shape index (κ3) is 4.11. The zero-order chi connectivity index (χ0) is 14.4. The summed E-state index contributed by atoms with van der Waals surface area (Å²) in [5.74, 6) is 1.53. The smallest absolute Gasteiger partial charge is 0.161 e. The first-order chi connectivity index (χ1) is 9.03. The fourth-order valence-electron chi connectivity index (χ4n) is 1.86. The summed E-state index contributed by atoms with van der Waals surface area (Å²) in [4.78, 5) is 0. The average Bonchev–Trinajstić information content (AvgIpc) is 2.43. The van der Waals surface area contributed by atoms with Crippen molar-refractivity contribution in [2.45, 2.75) is 39.3 Å². The molecule has 1 aromatic carbocycles. The van der Waals surface area contributed by atoms with Gasteiger partial charge in [-0.05, 0) is 30.0 Å². The second kappa shape index (κ2) is 7.36. The molecule has 0 saturated heterocycles. The van der Waals surface area contributed by atoms with E-state index in [1.165, 1.54) is 5.56 Å². The Bertz CT molecular complexity index is 393. The summed E-state index contributed by atoms with van der Waals surface area (Å²) >= 11 is 0. The van der Waals surface area contributed by atoms with E-state index in [0.29, 0.717) is 11.5 Å². The van der Waals surface area contributed by atoms with Gasteiger partial charge < -0.3 is 20.3 Å². The van der Waals surface area contributed by atoms with E-state index in [1.807, 2.05) is 32.0 Å². The van der Waals surface area contributed by atoms with Crippen LogP contribution in [0.2, 0.25) is 0 Å². The van der Waals surface area contributed by atoms with Crippen LogP contribution >= 0.6 is 0 Å². The lowest BCUT2D eigenvalue weighted by Gasteiger charge is -2.26. The van der Waals surface area contributed by atoms with E-state index in [0.717, 1.165) is 6.42 Å². The van der Waals surface area contributed by atoms with Crippen molar-refractivity contribution >= 4 is 0 Å². The summed E-state index contributed by atoms with van der Waals surface area (Å²) in [6.45, 7) is 5.99. The van der Waals surface area contributed by atoms with E-state index < -0.39 is 6.10 Å². The van der Waals surface area contributed by atoms with Crippen LogP contribution in [0.4, 0.5) is 0 Å². The van der Waals surface area contributed by atoms with Crippen molar-refractivity contribution in [1.82, 2.24) is 0 Å². The van der Waals surface area contributed by atoms with Crippen molar-refractivity contribution in [1.29, 1.82) is 0 Å². The first-order valence-electron chi connectivity index (χ1n) is 6.73. The normalized spacial score (nSPS) is 14.3. The number of methoxy groups -OCH3 is 1. The van der Waals surface area contributed by atoms with Crippen LogP contribution in [0, 0.1) is 5.92 Å². The molecule has 0 aliphatic heterocycles. The lowest BCUT2D eigenvalue weighted by Crippen LogP contribution is -2.45. The molecule has 1 rings (SSSR count). The Balaban J connectivity index is 2.90. The molecule has 0 aromatic heterocycles. The molecule has 0 radical (unpaired) electrons. The molecule has 0 fully saturated rings. The van der Waals surface area contributed by atoms with Gasteiger partial charge in [-0.25, -0.2) is 0 Å². The molecule has 0 aliphatic rings. The largest absolute Gasteiger partial charge is 0.493 e. The summed E-state index contributed by atoms with van der Waals surface area (Å²) in [7, 11) is 1.61. The number of aliphatic hydroxyl groups excluding tert-OH is 1. The van der Waals surface area contributed by atoms with Crippen molar-refractivity contribution in [3.05, 3.63) is 23.8 Å². The molecule has 2 atom stereocenters. The summed E-state index contributed by atoms with van der Waals surface area (Å²) in [5, 5.41) is 9.43. The van der Waals surface area contributed by atoms with Gasteiger partial charge in [0.2, 0.25) is 0 Å². The van der Waals surface area contributed by atoms with Crippen LogP contribution in [0.25, 0.3) is 0 Å². The van der Waals surface area contributed by atoms with Crippen LogP contribution in [-0.4, -0.2) is 31.0 Å². The maximum atomic E-state index is 9.43. The van der Waals surface area contributed by atoms with Gasteiger partial charge in [0.05, 0.1) is 13.7 Å². The number of nitrogens with two attached hydrogens (primary N) is 1. The third-order valence-electron chi connectivity index (χ3n) is 3.29. The maximum absolute atomic E-state index is 9.43. The lowest BCUT2D eigenvalue weighted by atomic mass is 10.00. The molecular weight excluding hydrogens is 242 g/mol. The Kier molecular flexibility index (Phi) is 6.12. The number of hydrogen-bond acceptors (Lipinski definition) is 4. The number of rotatable bonds is 7. The SMILES string of the molecule is CCc1ccc(OC(CO)C(N)C(C)C)c(OC)c1. The van der Waals surface area contributed by atoms with Crippen LogP contribution in [0.3, 0.4) is 0 Å². The Morgan fingerprint density at radius 2 is 1.95 bits per heavy atom. The molecule has 0 bridgehead atoms. The number of hydrogen-bond donors (Lipinski definition) is 2. The molecule has 4 heteroatoms. The minimum atomic E-state index is -0.429. The molecule has 0 aliphatic carbocycles. The molecule has 4 nitrogen and oxygen atoms in total. The molecule has 0 amide bonds. The van der Waals surface area contributed by atoms with Gasteiger partial charge in [-0.15, -0.1) is 0 Å². The Morgan fingerprint density at radius 3 is 2.42 bits per heavy atom. The first-order valence-corrected chi connectivity index (χ1v) is 6.73. The highest BCUT2D eigenvalue weighted by molar-refractivity contribution is 5.43. The minimum absolute atomic E-state index is 0.113. The maximum Gasteiger partial charge on any atom is 0.161 e. The second-order valence-electron chi connectivity index (χ2n) is 5.00. The van der Waals surface area contributed by atoms with Gasteiger partial charge in [0.1, 0.15) is 6.10 Å². The Morgan fingerprint density at radius 1 is 1.26 bits per heavy atom. The summed E-state index contributed by atoms with van der Waals surface area (Å²) in [6, 6.07) is 5.59. The molecule has 2 unspecified atom stereocenters. The molecule has 0 spiro atoms. The van der Waals surface area contributed by atoms with Gasteiger partial charge in [0.15, 0.2) is 11.5 Å². The number of benzene rings is 1. The van der Waals surface area contributed by atoms with Gasteiger partial charge >= 0.3 is 0 Å². The van der Waals surface area contributed by atoms with Crippen LogP contribution < -0.4 is 15.2 Å². The number of aliphatic hydroxyl groups is 1. The van der Waals surface area contributed by atoms with Gasteiger partial charge in [0, 0.05) is 6.04 Å². The topological polar surface area (TPSA) is 64.7 Å². The van der Waals surface area contributed by atoms with Crippen molar-refractivity contribution in [3.8, 4) is 11.5 Å². The highest BCUT2D eigenvalue weighted by Crippen LogP contribution is 2.29. The van der Waals surface area contributed by atoms with Gasteiger partial charge in [-0.3, -0.25) is 0 Å². The average molecular weight is 267 g/mol. The highest BCUT2D eigenvalue weighted by Gasteiger charge is 2.23. The molecule has 108 valence electrons. The molecule has 3 N–H and O–H groups in total. The fourth-order valence-corrected chi connectivity index (χ4v) is 1.86. The lowest BCUT2D eigenvalue weighted by molar-refractivity contribution is 0.0786. The third-order valence-corrected chi connectivity index (χ3v) is 3.29. The molecule has 19 heavy (non-hydrogen) atoms. The summed E-state index contributed by atoms with van der Waals surface area (Å²) in [5.41, 5.74) is 7.22. The standard InChI is InChI=1S/C15H25NO3/c1-5-11-6-7-12(13(8-11)18-4)19-14(9-17)15(16)10(2)3/h6-8,10,14-15,17H,5,9,16H2,1-4H3. The predicted octanol–water partition coefficient (Wildman–Crippen LogP) is 1.98. The molecular formula is C15H25NO3. The quantitative estimate of drug-likeness (QED) is 0.793. The predicted molar refractivity (Wildman–Crippen MR) is 76.7 cm³/mol. The Hall–Kier alpha value is -1.26. The zero-order valence-corrected chi connectivity index (χ0v) is 12.2. The summed E-state index contributed by atoms with van der Waals surface area (Å²) < 4.78 is 11.1. The molecule has 0 heterocycles. The van der Waals surface area contributed by atoms with Crippen LogP contribution in [-0.2, 0) is 6.42 Å². The van der Waals surface area contributed by atoms with Crippen molar-refractivity contribution in [2.75, 3.05) is 13.7 Å². The van der Waals surface area contributed by atoms with E-state index >= 15 is 0 Å². The van der Waals surface area contributed by atoms with Gasteiger partial charge in [0.25, 0.3) is 0 Å².